The Labute approximate surface area is 138 Å². The van der Waals surface area contributed by atoms with Gasteiger partial charge in [0, 0.05) is 46.0 Å². The third kappa shape index (κ3) is 2.96. The van der Waals surface area contributed by atoms with Crippen LogP contribution >= 0.6 is 0 Å². The van der Waals surface area contributed by atoms with Gasteiger partial charge in [0.05, 0.1) is 17.9 Å². The molecule has 6 nitrogen and oxygen atoms in total. The molecule has 1 unspecified atom stereocenters. The van der Waals surface area contributed by atoms with Gasteiger partial charge in [-0.25, -0.2) is 4.79 Å². The van der Waals surface area contributed by atoms with Crippen LogP contribution in [0.2, 0.25) is 0 Å². The summed E-state index contributed by atoms with van der Waals surface area (Å²) >= 11 is 0. The molecule has 6 heteroatoms. The number of carbonyl (C=O) groups excluding carboxylic acids is 1. The molecule has 0 bridgehead atoms. The van der Waals surface area contributed by atoms with Gasteiger partial charge in [0.15, 0.2) is 0 Å². The Morgan fingerprint density at radius 3 is 2.74 bits per heavy atom. The SMILES string of the molecule is CN1CCN(c2cnn(C3CCN(CC4CCCC4)C3)c2)C1=O. The van der Waals surface area contributed by atoms with Crippen LogP contribution in [0, 0.1) is 5.92 Å². The Balaban J connectivity index is 1.37. The summed E-state index contributed by atoms with van der Waals surface area (Å²) in [5.74, 6) is 0.916. The number of nitrogens with zero attached hydrogens (tertiary/aromatic N) is 5. The molecule has 126 valence electrons. The number of aromatic nitrogens is 2. The van der Waals surface area contributed by atoms with Crippen molar-refractivity contribution in [3.63, 3.8) is 0 Å². The van der Waals surface area contributed by atoms with Gasteiger partial charge in [-0.05, 0) is 25.2 Å². The Bertz CT molecular complexity index is 565. The lowest BCUT2D eigenvalue weighted by molar-refractivity contribution is 0.229. The first-order chi connectivity index (χ1) is 11.2. The van der Waals surface area contributed by atoms with Crippen molar-refractivity contribution >= 4 is 11.7 Å². The molecule has 2 amide bonds. The van der Waals surface area contributed by atoms with E-state index in [4.69, 9.17) is 0 Å². The van der Waals surface area contributed by atoms with Crippen LogP contribution in [0.25, 0.3) is 0 Å². The Kier molecular flexibility index (Phi) is 4.01. The fraction of sp³-hybridized carbons (Fsp3) is 0.765. The number of carbonyl (C=O) groups is 1. The van der Waals surface area contributed by atoms with Crippen LogP contribution in [0.3, 0.4) is 0 Å². The van der Waals surface area contributed by atoms with Crippen molar-refractivity contribution in [2.45, 2.75) is 38.1 Å². The van der Waals surface area contributed by atoms with Gasteiger partial charge in [-0.1, -0.05) is 12.8 Å². The van der Waals surface area contributed by atoms with Crippen LogP contribution in [0.15, 0.2) is 12.4 Å². The van der Waals surface area contributed by atoms with E-state index in [0.29, 0.717) is 6.04 Å². The molecule has 0 spiro atoms. The first kappa shape index (κ1) is 15.0. The molecule has 1 saturated carbocycles. The Morgan fingerprint density at radius 1 is 1.17 bits per heavy atom. The van der Waals surface area contributed by atoms with E-state index < -0.39 is 0 Å². The van der Waals surface area contributed by atoms with E-state index in [1.54, 1.807) is 4.90 Å². The second-order valence-electron chi connectivity index (χ2n) is 7.39. The van der Waals surface area contributed by atoms with Crippen LogP contribution in [-0.4, -0.2) is 65.4 Å². The highest BCUT2D eigenvalue weighted by atomic mass is 16.2. The number of hydrogen-bond acceptors (Lipinski definition) is 3. The summed E-state index contributed by atoms with van der Waals surface area (Å²) in [5.41, 5.74) is 0.939. The number of anilines is 1. The zero-order valence-corrected chi connectivity index (χ0v) is 14.0. The van der Waals surface area contributed by atoms with Crippen LogP contribution in [0.5, 0.6) is 0 Å². The average molecular weight is 317 g/mol. The first-order valence-corrected chi connectivity index (χ1v) is 9.00. The Morgan fingerprint density at radius 2 is 2.00 bits per heavy atom. The molecule has 4 rings (SSSR count). The monoisotopic (exact) mass is 317 g/mol. The highest BCUT2D eigenvalue weighted by molar-refractivity contribution is 5.93. The molecular formula is C17H27N5O. The van der Waals surface area contributed by atoms with E-state index in [0.717, 1.165) is 31.2 Å². The minimum absolute atomic E-state index is 0.0823. The minimum Gasteiger partial charge on any atom is -0.326 e. The smallest absolute Gasteiger partial charge is 0.324 e. The van der Waals surface area contributed by atoms with Crippen LogP contribution < -0.4 is 4.90 Å². The number of amides is 2. The molecule has 1 atom stereocenters. The Hall–Kier alpha value is -1.56. The normalized spacial score (nSPS) is 26.8. The van der Waals surface area contributed by atoms with Gasteiger partial charge in [0.2, 0.25) is 0 Å². The van der Waals surface area contributed by atoms with E-state index in [9.17, 15) is 4.79 Å². The summed E-state index contributed by atoms with van der Waals surface area (Å²) in [6.45, 7) is 5.11. The van der Waals surface area contributed by atoms with E-state index in [-0.39, 0.29) is 6.03 Å². The van der Waals surface area contributed by atoms with E-state index in [2.05, 4.69) is 20.9 Å². The number of hydrogen-bond donors (Lipinski definition) is 0. The molecule has 3 aliphatic rings. The lowest BCUT2D eigenvalue weighted by Gasteiger charge is -2.20. The standard InChI is InChI=1S/C17H27N5O/c1-19-8-9-21(17(19)23)16-10-18-22(13-16)15-6-7-20(12-15)11-14-4-2-3-5-14/h10,13-15H,2-9,11-12H2,1H3. The average Bonchev–Trinajstić information content (AvgIpc) is 3.30. The molecule has 1 aliphatic carbocycles. The molecule has 2 aliphatic heterocycles. The summed E-state index contributed by atoms with van der Waals surface area (Å²) in [6, 6.07) is 0.541. The van der Waals surface area contributed by atoms with Crippen LogP contribution in [-0.2, 0) is 0 Å². The van der Waals surface area contributed by atoms with Gasteiger partial charge in [0.25, 0.3) is 0 Å². The van der Waals surface area contributed by atoms with Crippen molar-refractivity contribution in [1.82, 2.24) is 19.6 Å². The molecule has 2 saturated heterocycles. The number of rotatable bonds is 4. The van der Waals surface area contributed by atoms with E-state index >= 15 is 0 Å². The number of urea groups is 1. The molecule has 0 radical (unpaired) electrons. The zero-order valence-electron chi connectivity index (χ0n) is 14.0. The quantitative estimate of drug-likeness (QED) is 0.855. The van der Waals surface area contributed by atoms with Crippen LogP contribution in [0.1, 0.15) is 38.1 Å². The fourth-order valence-electron chi connectivity index (χ4n) is 4.31. The largest absolute Gasteiger partial charge is 0.326 e. The maximum absolute atomic E-state index is 12.1. The highest BCUT2D eigenvalue weighted by Gasteiger charge is 2.30. The van der Waals surface area contributed by atoms with Crippen molar-refractivity contribution < 1.29 is 4.79 Å². The summed E-state index contributed by atoms with van der Waals surface area (Å²) < 4.78 is 2.08. The molecular weight excluding hydrogens is 290 g/mol. The number of likely N-dealkylation sites (N-methyl/N-ethyl adjacent to an activating group) is 1. The third-order valence-corrected chi connectivity index (χ3v) is 5.73. The molecule has 3 fully saturated rings. The van der Waals surface area contributed by atoms with E-state index in [1.165, 1.54) is 45.2 Å². The van der Waals surface area contributed by atoms with Crippen molar-refractivity contribution in [1.29, 1.82) is 0 Å². The van der Waals surface area contributed by atoms with Crippen molar-refractivity contribution in [2.24, 2.45) is 5.92 Å². The molecule has 23 heavy (non-hydrogen) atoms. The van der Waals surface area contributed by atoms with E-state index in [1.807, 2.05) is 18.1 Å². The minimum atomic E-state index is 0.0823. The number of likely N-dealkylation sites (tertiary alicyclic amines) is 1. The van der Waals surface area contributed by atoms with Crippen molar-refractivity contribution in [2.75, 3.05) is 44.7 Å². The fourth-order valence-corrected chi connectivity index (χ4v) is 4.31. The summed E-state index contributed by atoms with van der Waals surface area (Å²) in [7, 11) is 1.85. The predicted octanol–water partition coefficient (Wildman–Crippen LogP) is 2.19. The van der Waals surface area contributed by atoms with Crippen molar-refractivity contribution in [3.8, 4) is 0 Å². The van der Waals surface area contributed by atoms with Crippen molar-refractivity contribution in [3.05, 3.63) is 12.4 Å². The third-order valence-electron chi connectivity index (χ3n) is 5.73. The zero-order chi connectivity index (χ0) is 15.8. The predicted molar refractivity (Wildman–Crippen MR) is 89.7 cm³/mol. The second kappa shape index (κ2) is 6.15. The molecule has 0 N–H and O–H groups in total. The first-order valence-electron chi connectivity index (χ1n) is 9.00. The van der Waals surface area contributed by atoms with Crippen LogP contribution in [0.4, 0.5) is 10.5 Å². The van der Waals surface area contributed by atoms with Gasteiger partial charge >= 0.3 is 6.03 Å². The van der Waals surface area contributed by atoms with Gasteiger partial charge in [-0.3, -0.25) is 9.58 Å². The lowest BCUT2D eigenvalue weighted by atomic mass is 10.1. The summed E-state index contributed by atoms with van der Waals surface area (Å²) in [6.07, 6.45) is 10.7. The lowest BCUT2D eigenvalue weighted by Crippen LogP contribution is -2.29. The maximum Gasteiger partial charge on any atom is 0.324 e. The van der Waals surface area contributed by atoms with Gasteiger partial charge in [-0.15, -0.1) is 0 Å². The molecule has 1 aromatic rings. The van der Waals surface area contributed by atoms with Gasteiger partial charge in [0.1, 0.15) is 0 Å². The molecule has 0 aromatic carbocycles. The second-order valence-corrected chi connectivity index (χ2v) is 7.39. The van der Waals surface area contributed by atoms with Gasteiger partial charge in [-0.2, -0.15) is 5.10 Å². The molecule has 3 heterocycles. The highest BCUT2D eigenvalue weighted by Crippen LogP contribution is 2.29. The summed E-state index contributed by atoms with van der Waals surface area (Å²) in [4.78, 5) is 18.3. The maximum atomic E-state index is 12.1. The summed E-state index contributed by atoms with van der Waals surface area (Å²) in [5, 5.41) is 4.55. The molecule has 1 aromatic heterocycles. The van der Waals surface area contributed by atoms with Gasteiger partial charge < -0.3 is 9.80 Å². The topological polar surface area (TPSA) is 44.6 Å².